The minimum Gasteiger partial charge on any atom is -0.493 e. The van der Waals surface area contributed by atoms with Gasteiger partial charge in [0.25, 0.3) is 5.91 Å². The van der Waals surface area contributed by atoms with Crippen LogP contribution in [0.3, 0.4) is 0 Å². The molecule has 1 saturated heterocycles. The SMILES string of the molecule is COc1cc2c(c(OC)c1OC)C(=O)N1CCC[C@H]1C=N2. The lowest BCUT2D eigenvalue weighted by Crippen LogP contribution is -2.35. The molecule has 0 bridgehead atoms. The van der Waals surface area contributed by atoms with Gasteiger partial charge in [0.1, 0.15) is 5.56 Å². The number of hydrogen-bond donors (Lipinski definition) is 0. The zero-order valence-corrected chi connectivity index (χ0v) is 12.4. The number of aliphatic imine (C=N–C) groups is 1. The summed E-state index contributed by atoms with van der Waals surface area (Å²) in [6.07, 6.45) is 3.77. The van der Waals surface area contributed by atoms with Gasteiger partial charge in [-0.2, -0.15) is 0 Å². The number of nitrogens with zero attached hydrogens (tertiary/aromatic N) is 2. The van der Waals surface area contributed by atoms with Gasteiger partial charge in [0.05, 0.1) is 33.1 Å². The van der Waals surface area contributed by atoms with Crippen LogP contribution in [-0.4, -0.2) is 50.9 Å². The van der Waals surface area contributed by atoms with E-state index in [1.54, 1.807) is 13.2 Å². The summed E-state index contributed by atoms with van der Waals surface area (Å²) in [6.45, 7) is 0.743. The molecule has 2 aliphatic rings. The smallest absolute Gasteiger partial charge is 0.260 e. The molecule has 1 atom stereocenters. The molecule has 2 heterocycles. The van der Waals surface area contributed by atoms with E-state index in [0.717, 1.165) is 19.4 Å². The molecule has 1 amide bonds. The maximum atomic E-state index is 12.8. The van der Waals surface area contributed by atoms with Gasteiger partial charge in [0.2, 0.25) is 5.75 Å². The third-order valence-electron chi connectivity index (χ3n) is 3.97. The van der Waals surface area contributed by atoms with Crippen LogP contribution in [0, 0.1) is 0 Å². The van der Waals surface area contributed by atoms with Crippen LogP contribution in [0.2, 0.25) is 0 Å². The Kier molecular flexibility index (Phi) is 3.45. The fourth-order valence-corrected chi connectivity index (χ4v) is 2.96. The second-order valence-electron chi connectivity index (χ2n) is 5.03. The molecule has 1 aromatic rings. The van der Waals surface area contributed by atoms with Crippen molar-refractivity contribution in [3.63, 3.8) is 0 Å². The second kappa shape index (κ2) is 5.27. The Hall–Kier alpha value is -2.24. The normalized spacial score (nSPS) is 19.9. The zero-order chi connectivity index (χ0) is 15.0. The van der Waals surface area contributed by atoms with Crippen molar-refractivity contribution in [1.29, 1.82) is 0 Å². The minimum absolute atomic E-state index is 0.0617. The summed E-state index contributed by atoms with van der Waals surface area (Å²) in [5, 5.41) is 0. The van der Waals surface area contributed by atoms with E-state index in [1.165, 1.54) is 14.2 Å². The molecular weight excluding hydrogens is 272 g/mol. The largest absolute Gasteiger partial charge is 0.493 e. The Morgan fingerprint density at radius 2 is 1.95 bits per heavy atom. The Balaban J connectivity index is 2.23. The van der Waals surface area contributed by atoms with Crippen LogP contribution in [0.5, 0.6) is 17.2 Å². The van der Waals surface area contributed by atoms with Crippen molar-refractivity contribution in [2.75, 3.05) is 27.9 Å². The fraction of sp³-hybridized carbons (Fsp3) is 0.467. The van der Waals surface area contributed by atoms with E-state index in [4.69, 9.17) is 14.2 Å². The highest BCUT2D eigenvalue weighted by Gasteiger charge is 2.35. The summed E-state index contributed by atoms with van der Waals surface area (Å²) in [5.41, 5.74) is 1.000. The first-order chi connectivity index (χ1) is 10.2. The topological polar surface area (TPSA) is 60.4 Å². The molecule has 1 aromatic carbocycles. The van der Waals surface area contributed by atoms with Crippen LogP contribution in [0.15, 0.2) is 11.1 Å². The lowest BCUT2D eigenvalue weighted by Gasteiger charge is -2.22. The number of carbonyl (C=O) groups excluding carboxylic acids is 1. The molecule has 0 N–H and O–H groups in total. The highest BCUT2D eigenvalue weighted by Crippen LogP contribution is 2.46. The molecule has 0 saturated carbocycles. The van der Waals surface area contributed by atoms with Gasteiger partial charge in [-0.15, -0.1) is 0 Å². The first kappa shape index (κ1) is 13.7. The standard InChI is InChI=1S/C15H18N2O4/c1-19-11-7-10-12(14(21-3)13(11)20-2)15(18)17-6-4-5-9(17)8-16-10/h7-9H,4-6H2,1-3H3/t9-/m0/s1. The van der Waals surface area contributed by atoms with Crippen molar-refractivity contribution in [3.05, 3.63) is 11.6 Å². The van der Waals surface area contributed by atoms with E-state index in [0.29, 0.717) is 28.5 Å². The van der Waals surface area contributed by atoms with Crippen molar-refractivity contribution in [2.45, 2.75) is 18.9 Å². The van der Waals surface area contributed by atoms with E-state index < -0.39 is 0 Å². The average Bonchev–Trinajstić information content (AvgIpc) is 2.94. The average molecular weight is 290 g/mol. The Morgan fingerprint density at radius 3 is 2.62 bits per heavy atom. The highest BCUT2D eigenvalue weighted by molar-refractivity contribution is 6.06. The molecule has 112 valence electrons. The number of hydrogen-bond acceptors (Lipinski definition) is 5. The third kappa shape index (κ3) is 2.02. The first-order valence-corrected chi connectivity index (χ1v) is 6.89. The van der Waals surface area contributed by atoms with E-state index in [-0.39, 0.29) is 11.9 Å². The summed E-state index contributed by atoms with van der Waals surface area (Å²) in [6, 6.07) is 1.78. The molecular formula is C15H18N2O4. The van der Waals surface area contributed by atoms with E-state index in [9.17, 15) is 4.79 Å². The highest BCUT2D eigenvalue weighted by atomic mass is 16.5. The second-order valence-corrected chi connectivity index (χ2v) is 5.03. The van der Waals surface area contributed by atoms with Gasteiger partial charge in [0.15, 0.2) is 11.5 Å². The number of amides is 1. The van der Waals surface area contributed by atoms with Crippen LogP contribution in [0.25, 0.3) is 0 Å². The molecule has 0 unspecified atom stereocenters. The monoisotopic (exact) mass is 290 g/mol. The molecule has 3 rings (SSSR count). The van der Waals surface area contributed by atoms with Gasteiger partial charge >= 0.3 is 0 Å². The number of carbonyl (C=O) groups is 1. The van der Waals surface area contributed by atoms with Crippen molar-refractivity contribution >= 4 is 17.8 Å². The van der Waals surface area contributed by atoms with Gasteiger partial charge in [-0.05, 0) is 12.8 Å². The summed E-state index contributed by atoms with van der Waals surface area (Å²) in [7, 11) is 4.58. The maximum absolute atomic E-state index is 12.8. The van der Waals surface area contributed by atoms with E-state index in [2.05, 4.69) is 4.99 Å². The van der Waals surface area contributed by atoms with Crippen molar-refractivity contribution in [3.8, 4) is 17.2 Å². The Morgan fingerprint density at radius 1 is 1.19 bits per heavy atom. The predicted octanol–water partition coefficient (Wildman–Crippen LogP) is 2.03. The summed E-state index contributed by atoms with van der Waals surface area (Å²) in [4.78, 5) is 19.1. The maximum Gasteiger partial charge on any atom is 0.260 e. The molecule has 0 aliphatic carbocycles. The van der Waals surface area contributed by atoms with Crippen molar-refractivity contribution in [1.82, 2.24) is 4.90 Å². The van der Waals surface area contributed by atoms with Gasteiger partial charge in [-0.3, -0.25) is 9.79 Å². The van der Waals surface area contributed by atoms with Crippen molar-refractivity contribution < 1.29 is 19.0 Å². The molecule has 21 heavy (non-hydrogen) atoms. The fourth-order valence-electron chi connectivity index (χ4n) is 2.96. The molecule has 2 aliphatic heterocycles. The van der Waals surface area contributed by atoms with E-state index in [1.807, 2.05) is 11.1 Å². The Bertz CT molecular complexity index is 612. The molecule has 0 radical (unpaired) electrons. The molecule has 6 heteroatoms. The minimum atomic E-state index is -0.0668. The number of rotatable bonds is 3. The first-order valence-electron chi connectivity index (χ1n) is 6.89. The molecule has 0 spiro atoms. The molecule has 1 fully saturated rings. The van der Waals surface area contributed by atoms with Crippen molar-refractivity contribution in [2.24, 2.45) is 4.99 Å². The van der Waals surface area contributed by atoms with E-state index >= 15 is 0 Å². The third-order valence-corrected chi connectivity index (χ3v) is 3.97. The number of methoxy groups -OCH3 is 3. The van der Waals surface area contributed by atoms with Crippen LogP contribution in [-0.2, 0) is 0 Å². The predicted molar refractivity (Wildman–Crippen MR) is 78.3 cm³/mol. The van der Waals surface area contributed by atoms with Gasteiger partial charge in [0, 0.05) is 18.8 Å². The van der Waals surface area contributed by atoms with Gasteiger partial charge < -0.3 is 19.1 Å². The lowest BCUT2D eigenvalue weighted by atomic mass is 10.1. The summed E-state index contributed by atoms with van der Waals surface area (Å²) in [5.74, 6) is 1.23. The number of ether oxygens (including phenoxy) is 3. The van der Waals surface area contributed by atoms with Crippen LogP contribution in [0.1, 0.15) is 23.2 Å². The quantitative estimate of drug-likeness (QED) is 0.854. The zero-order valence-electron chi connectivity index (χ0n) is 12.4. The van der Waals surface area contributed by atoms with Gasteiger partial charge in [-0.25, -0.2) is 0 Å². The summed E-state index contributed by atoms with van der Waals surface area (Å²) >= 11 is 0. The summed E-state index contributed by atoms with van der Waals surface area (Å²) < 4.78 is 16.1. The van der Waals surface area contributed by atoms with Crippen LogP contribution < -0.4 is 14.2 Å². The number of fused-ring (bicyclic) bond motifs is 2. The Labute approximate surface area is 123 Å². The lowest BCUT2D eigenvalue weighted by molar-refractivity contribution is 0.0771. The number of benzene rings is 1. The molecule has 6 nitrogen and oxygen atoms in total. The van der Waals surface area contributed by atoms with Crippen LogP contribution in [0.4, 0.5) is 5.69 Å². The van der Waals surface area contributed by atoms with Crippen LogP contribution >= 0.6 is 0 Å². The molecule has 0 aromatic heterocycles. The van der Waals surface area contributed by atoms with Gasteiger partial charge in [-0.1, -0.05) is 0 Å².